The van der Waals surface area contributed by atoms with Gasteiger partial charge in [0.1, 0.15) is 0 Å². The molecule has 166 valence electrons. The molecule has 1 fully saturated rings. The van der Waals surface area contributed by atoms with Crippen molar-refractivity contribution in [2.24, 2.45) is 5.14 Å². The first kappa shape index (κ1) is 22.9. The van der Waals surface area contributed by atoms with Crippen LogP contribution in [0.15, 0.2) is 53.4 Å². The molecule has 1 amide bonds. The maximum atomic E-state index is 12.2. The van der Waals surface area contributed by atoms with E-state index in [9.17, 15) is 18.0 Å². The number of sulfonamides is 1. The zero-order chi connectivity index (χ0) is 22.4. The van der Waals surface area contributed by atoms with Crippen LogP contribution >= 0.6 is 0 Å². The highest BCUT2D eigenvalue weighted by molar-refractivity contribution is 7.89. The van der Waals surface area contributed by atoms with Crippen LogP contribution in [0.2, 0.25) is 0 Å². The van der Waals surface area contributed by atoms with Crippen LogP contribution in [0.4, 0.5) is 5.69 Å². The highest BCUT2D eigenvalue weighted by atomic mass is 32.2. The highest BCUT2D eigenvalue weighted by Gasteiger charge is 2.19. The van der Waals surface area contributed by atoms with Gasteiger partial charge in [-0.25, -0.2) is 13.6 Å². The Kier molecular flexibility index (Phi) is 7.42. The molecule has 1 aliphatic heterocycles. The third-order valence-corrected chi connectivity index (χ3v) is 6.30. The number of amides is 1. The Morgan fingerprint density at radius 2 is 1.58 bits per heavy atom. The molecule has 8 nitrogen and oxygen atoms in total. The smallest absolute Gasteiger partial charge is 0.238 e. The number of hydrogen-bond acceptors (Lipinski definition) is 6. The summed E-state index contributed by atoms with van der Waals surface area (Å²) in [5, 5.41) is 8.00. The quantitative estimate of drug-likeness (QED) is 0.588. The van der Waals surface area contributed by atoms with Crippen LogP contribution in [0.3, 0.4) is 0 Å². The molecule has 0 spiro atoms. The Morgan fingerprint density at radius 1 is 0.968 bits per heavy atom. The predicted molar refractivity (Wildman–Crippen MR) is 120 cm³/mol. The van der Waals surface area contributed by atoms with Gasteiger partial charge < -0.3 is 10.2 Å². The number of ketones is 1. The lowest BCUT2D eigenvalue weighted by atomic mass is 10.1. The molecule has 1 heterocycles. The molecule has 2 aromatic carbocycles. The number of rotatable bonds is 8. The first-order chi connectivity index (χ1) is 14.7. The molecule has 0 saturated carbocycles. The van der Waals surface area contributed by atoms with E-state index in [2.05, 4.69) is 15.1 Å². The Bertz CT molecular complexity index is 1010. The highest BCUT2D eigenvalue weighted by Crippen LogP contribution is 2.17. The van der Waals surface area contributed by atoms with Gasteiger partial charge in [-0.3, -0.25) is 14.5 Å². The minimum Gasteiger partial charge on any atom is -0.369 e. The maximum absolute atomic E-state index is 12.2. The predicted octanol–water partition coefficient (Wildman–Crippen LogP) is 1.02. The topological polar surface area (TPSA) is 113 Å². The van der Waals surface area contributed by atoms with Crippen molar-refractivity contribution in [3.63, 3.8) is 0 Å². The molecule has 0 atom stereocenters. The van der Waals surface area contributed by atoms with Gasteiger partial charge in [-0.2, -0.15) is 0 Å². The molecule has 31 heavy (non-hydrogen) atoms. The van der Waals surface area contributed by atoms with E-state index in [1.165, 1.54) is 12.1 Å². The number of nitrogens with zero attached hydrogens (tertiary/aromatic N) is 2. The van der Waals surface area contributed by atoms with Crippen molar-refractivity contribution in [1.29, 1.82) is 0 Å². The molecular weight excluding hydrogens is 416 g/mol. The number of benzene rings is 2. The minimum absolute atomic E-state index is 0.0274. The molecule has 0 unspecified atom stereocenters. The van der Waals surface area contributed by atoms with Crippen molar-refractivity contribution in [3.05, 3.63) is 59.7 Å². The second kappa shape index (κ2) is 10.0. The molecule has 9 heteroatoms. The van der Waals surface area contributed by atoms with E-state index in [1.807, 2.05) is 24.3 Å². The van der Waals surface area contributed by atoms with Gasteiger partial charge in [0.2, 0.25) is 15.9 Å². The number of hydrogen-bond donors (Lipinski definition) is 2. The summed E-state index contributed by atoms with van der Waals surface area (Å²) in [7, 11) is -3.69. The SMILES string of the molecule is CC(=O)c1ccc(N2CCN(CC(=O)NCCc3ccc(S(N)(=O)=O)cc3)CC2)cc1. The number of nitrogens with one attached hydrogen (secondary N) is 1. The Labute approximate surface area is 183 Å². The molecular formula is C22H28N4O4S. The zero-order valence-corrected chi connectivity index (χ0v) is 18.4. The first-order valence-corrected chi connectivity index (χ1v) is 11.7. The lowest BCUT2D eigenvalue weighted by Crippen LogP contribution is -2.49. The molecule has 1 saturated heterocycles. The Morgan fingerprint density at radius 3 is 2.13 bits per heavy atom. The van der Waals surface area contributed by atoms with Gasteiger partial charge in [0, 0.05) is 44.0 Å². The second-order valence-corrected chi connectivity index (χ2v) is 9.22. The number of nitrogens with two attached hydrogens (primary N) is 1. The average molecular weight is 445 g/mol. The van der Waals surface area contributed by atoms with E-state index < -0.39 is 10.0 Å². The fraction of sp³-hybridized carbons (Fsp3) is 0.364. The van der Waals surface area contributed by atoms with Crippen LogP contribution in [0.25, 0.3) is 0 Å². The van der Waals surface area contributed by atoms with Crippen LogP contribution in [0, 0.1) is 0 Å². The Balaban J connectivity index is 1.38. The lowest BCUT2D eigenvalue weighted by Gasteiger charge is -2.35. The largest absolute Gasteiger partial charge is 0.369 e. The van der Waals surface area contributed by atoms with Gasteiger partial charge in [0.15, 0.2) is 5.78 Å². The second-order valence-electron chi connectivity index (χ2n) is 7.66. The monoisotopic (exact) mass is 444 g/mol. The first-order valence-electron chi connectivity index (χ1n) is 10.2. The number of primary sulfonamides is 1. The molecule has 0 aliphatic carbocycles. The molecule has 1 aliphatic rings. The molecule has 3 N–H and O–H groups in total. The number of piperazine rings is 1. The molecule has 3 rings (SSSR count). The van der Waals surface area contributed by atoms with E-state index in [0.717, 1.165) is 37.4 Å². The maximum Gasteiger partial charge on any atom is 0.238 e. The number of carbonyl (C=O) groups excluding carboxylic acids is 2. The van der Waals surface area contributed by atoms with E-state index in [0.29, 0.717) is 25.1 Å². The van der Waals surface area contributed by atoms with Crippen molar-refractivity contribution < 1.29 is 18.0 Å². The summed E-state index contributed by atoms with van der Waals surface area (Å²) in [4.78, 5) is 28.1. The zero-order valence-electron chi connectivity index (χ0n) is 17.6. The van der Waals surface area contributed by atoms with Gasteiger partial charge >= 0.3 is 0 Å². The van der Waals surface area contributed by atoms with Crippen molar-refractivity contribution in [2.45, 2.75) is 18.2 Å². The van der Waals surface area contributed by atoms with Gasteiger partial charge in [-0.05, 0) is 55.3 Å². The van der Waals surface area contributed by atoms with Crippen LogP contribution in [0.1, 0.15) is 22.8 Å². The third kappa shape index (κ3) is 6.61. The number of carbonyl (C=O) groups is 2. The van der Waals surface area contributed by atoms with Crippen molar-refractivity contribution in [3.8, 4) is 0 Å². The van der Waals surface area contributed by atoms with E-state index in [-0.39, 0.29) is 16.6 Å². The van der Waals surface area contributed by atoms with Crippen LogP contribution in [-0.2, 0) is 21.2 Å². The molecule has 0 radical (unpaired) electrons. The fourth-order valence-corrected chi connectivity index (χ4v) is 4.04. The minimum atomic E-state index is -3.69. The molecule has 2 aromatic rings. The van der Waals surface area contributed by atoms with Crippen LogP contribution in [0.5, 0.6) is 0 Å². The van der Waals surface area contributed by atoms with Gasteiger partial charge in [-0.1, -0.05) is 12.1 Å². The van der Waals surface area contributed by atoms with Gasteiger partial charge in [-0.15, -0.1) is 0 Å². The van der Waals surface area contributed by atoms with E-state index >= 15 is 0 Å². The standard InChI is InChI=1S/C22H28N4O4S/c1-17(27)19-4-6-20(7-5-19)26-14-12-25(13-15-26)16-22(28)24-11-10-18-2-8-21(9-3-18)31(23,29)30/h2-9H,10-16H2,1H3,(H,24,28)(H2,23,29,30). The van der Waals surface area contributed by atoms with Crippen LogP contribution in [-0.4, -0.2) is 64.3 Å². The van der Waals surface area contributed by atoms with Crippen molar-refractivity contribution >= 4 is 27.4 Å². The van der Waals surface area contributed by atoms with E-state index in [4.69, 9.17) is 5.14 Å². The van der Waals surface area contributed by atoms with Gasteiger partial charge in [0.25, 0.3) is 0 Å². The summed E-state index contributed by atoms with van der Waals surface area (Å²) < 4.78 is 22.6. The molecule has 0 bridgehead atoms. The third-order valence-electron chi connectivity index (χ3n) is 5.37. The van der Waals surface area contributed by atoms with Crippen LogP contribution < -0.4 is 15.4 Å². The van der Waals surface area contributed by atoms with Crippen molar-refractivity contribution in [1.82, 2.24) is 10.2 Å². The summed E-state index contributed by atoms with van der Waals surface area (Å²) in [6, 6.07) is 14.0. The summed E-state index contributed by atoms with van der Waals surface area (Å²) in [5.74, 6) is 0.0309. The average Bonchev–Trinajstić information content (AvgIpc) is 2.74. The summed E-state index contributed by atoms with van der Waals surface area (Å²) in [6.45, 7) is 5.61. The number of Topliss-reactive ketones (excluding diaryl/α,β-unsaturated/α-hetero) is 1. The lowest BCUT2D eigenvalue weighted by molar-refractivity contribution is -0.122. The van der Waals surface area contributed by atoms with Gasteiger partial charge in [0.05, 0.1) is 11.4 Å². The van der Waals surface area contributed by atoms with E-state index in [1.54, 1.807) is 19.1 Å². The normalized spacial score (nSPS) is 15.0. The number of anilines is 1. The fourth-order valence-electron chi connectivity index (χ4n) is 3.52. The summed E-state index contributed by atoms with van der Waals surface area (Å²) in [5.41, 5.74) is 2.72. The van der Waals surface area contributed by atoms with Crippen molar-refractivity contribution in [2.75, 3.05) is 44.2 Å². The Hall–Kier alpha value is -2.75. The summed E-state index contributed by atoms with van der Waals surface area (Å²) >= 11 is 0. The molecule has 0 aromatic heterocycles. The summed E-state index contributed by atoms with van der Waals surface area (Å²) in [6.07, 6.45) is 0.612.